The van der Waals surface area contributed by atoms with Gasteiger partial charge >= 0.3 is 0 Å². The number of fused-ring (bicyclic) bond motifs is 1. The molecule has 2 aliphatic rings. The van der Waals surface area contributed by atoms with Crippen molar-refractivity contribution in [3.63, 3.8) is 0 Å². The van der Waals surface area contributed by atoms with E-state index in [2.05, 4.69) is 28.4 Å². The van der Waals surface area contributed by atoms with Gasteiger partial charge in [-0.1, -0.05) is 24.3 Å². The van der Waals surface area contributed by atoms with Crippen molar-refractivity contribution in [1.29, 1.82) is 0 Å². The Balaban J connectivity index is 1.55. The quantitative estimate of drug-likeness (QED) is 0.907. The van der Waals surface area contributed by atoms with Crippen LogP contribution in [0.4, 0.5) is 0 Å². The summed E-state index contributed by atoms with van der Waals surface area (Å²) in [6.07, 6.45) is 3.12. The fourth-order valence-corrected chi connectivity index (χ4v) is 3.93. The smallest absolute Gasteiger partial charge is 0.234 e. The standard InChI is InChI=1S/C20H29N3O2/c1-15(2)21-19(24)14-22-10-12-23(13-11-22)20(25)18-9-5-7-16-6-3-4-8-17(16)18/h3-4,6,8,15,18H,5,7,9-14H2,1-2H3,(H,21,24). The minimum Gasteiger partial charge on any atom is -0.353 e. The van der Waals surface area contributed by atoms with Crippen LogP contribution in [0.1, 0.15) is 43.7 Å². The van der Waals surface area contributed by atoms with Gasteiger partial charge in [0.1, 0.15) is 0 Å². The first-order valence-corrected chi connectivity index (χ1v) is 9.43. The molecule has 0 radical (unpaired) electrons. The lowest BCUT2D eigenvalue weighted by Crippen LogP contribution is -2.52. The largest absolute Gasteiger partial charge is 0.353 e. The molecular formula is C20H29N3O2. The molecule has 1 aliphatic carbocycles. The zero-order valence-corrected chi connectivity index (χ0v) is 15.3. The maximum atomic E-state index is 13.0. The predicted octanol–water partition coefficient (Wildman–Crippen LogP) is 1.78. The number of hydrogen-bond donors (Lipinski definition) is 1. The number of hydrogen-bond acceptors (Lipinski definition) is 3. The van der Waals surface area contributed by atoms with E-state index < -0.39 is 0 Å². The van der Waals surface area contributed by atoms with Crippen molar-refractivity contribution < 1.29 is 9.59 Å². The molecular weight excluding hydrogens is 314 g/mol. The summed E-state index contributed by atoms with van der Waals surface area (Å²) in [6.45, 7) is 7.33. The first-order valence-electron chi connectivity index (χ1n) is 9.43. The molecule has 0 bridgehead atoms. The Hall–Kier alpha value is -1.88. The number of nitrogens with zero attached hydrogens (tertiary/aromatic N) is 2. The van der Waals surface area contributed by atoms with E-state index in [0.717, 1.165) is 32.4 Å². The molecule has 0 spiro atoms. The molecule has 5 heteroatoms. The summed E-state index contributed by atoms with van der Waals surface area (Å²) in [6, 6.07) is 8.54. The lowest BCUT2D eigenvalue weighted by atomic mass is 9.82. The number of nitrogens with one attached hydrogen (secondary N) is 1. The summed E-state index contributed by atoms with van der Waals surface area (Å²) in [5, 5.41) is 2.93. The molecule has 1 aromatic rings. The molecule has 1 aliphatic heterocycles. The highest BCUT2D eigenvalue weighted by atomic mass is 16.2. The van der Waals surface area contributed by atoms with Crippen LogP contribution < -0.4 is 5.32 Å². The van der Waals surface area contributed by atoms with Gasteiger partial charge in [-0.15, -0.1) is 0 Å². The highest BCUT2D eigenvalue weighted by Crippen LogP contribution is 2.33. The van der Waals surface area contributed by atoms with Crippen LogP contribution in [0.3, 0.4) is 0 Å². The molecule has 2 amide bonds. The van der Waals surface area contributed by atoms with E-state index in [1.807, 2.05) is 24.8 Å². The van der Waals surface area contributed by atoms with Crippen LogP contribution in [-0.4, -0.2) is 60.4 Å². The normalized spacial score (nSPS) is 21.1. The average Bonchev–Trinajstić information content (AvgIpc) is 2.60. The van der Waals surface area contributed by atoms with Gasteiger partial charge in [-0.2, -0.15) is 0 Å². The second kappa shape index (κ2) is 8.00. The Bertz CT molecular complexity index is 621. The Labute approximate surface area is 150 Å². The summed E-state index contributed by atoms with van der Waals surface area (Å²) >= 11 is 0. The number of carbonyl (C=O) groups is 2. The molecule has 0 aromatic heterocycles. The molecule has 1 heterocycles. The van der Waals surface area contributed by atoms with Gasteiger partial charge in [-0.05, 0) is 44.2 Å². The van der Waals surface area contributed by atoms with Crippen LogP contribution in [0.2, 0.25) is 0 Å². The molecule has 5 nitrogen and oxygen atoms in total. The Morgan fingerprint density at radius 2 is 1.88 bits per heavy atom. The van der Waals surface area contributed by atoms with E-state index in [1.54, 1.807) is 0 Å². The lowest BCUT2D eigenvalue weighted by Gasteiger charge is -2.37. The van der Waals surface area contributed by atoms with E-state index in [4.69, 9.17) is 0 Å². The Morgan fingerprint density at radius 3 is 2.60 bits per heavy atom. The van der Waals surface area contributed by atoms with E-state index >= 15 is 0 Å². The Morgan fingerprint density at radius 1 is 1.16 bits per heavy atom. The number of piperazine rings is 1. The average molecular weight is 343 g/mol. The van der Waals surface area contributed by atoms with Crippen LogP contribution in [0, 0.1) is 0 Å². The summed E-state index contributed by atoms with van der Waals surface area (Å²) in [7, 11) is 0. The van der Waals surface area contributed by atoms with Crippen molar-refractivity contribution in [3.05, 3.63) is 35.4 Å². The number of rotatable bonds is 4. The maximum Gasteiger partial charge on any atom is 0.234 e. The van der Waals surface area contributed by atoms with Crippen LogP contribution in [0.25, 0.3) is 0 Å². The van der Waals surface area contributed by atoms with Crippen molar-refractivity contribution in [3.8, 4) is 0 Å². The third kappa shape index (κ3) is 4.40. The Kier molecular flexibility index (Phi) is 5.74. The summed E-state index contributed by atoms with van der Waals surface area (Å²) in [5.41, 5.74) is 2.55. The molecule has 3 rings (SSSR count). The first-order chi connectivity index (χ1) is 12.0. The van der Waals surface area contributed by atoms with Gasteiger partial charge in [0.2, 0.25) is 11.8 Å². The molecule has 1 saturated heterocycles. The third-order valence-corrected chi connectivity index (χ3v) is 5.17. The topological polar surface area (TPSA) is 52.7 Å². The van der Waals surface area contributed by atoms with Crippen molar-refractivity contribution in [2.75, 3.05) is 32.7 Å². The third-order valence-electron chi connectivity index (χ3n) is 5.17. The van der Waals surface area contributed by atoms with Gasteiger partial charge in [0.15, 0.2) is 0 Å². The van der Waals surface area contributed by atoms with Gasteiger partial charge < -0.3 is 10.2 Å². The van der Waals surface area contributed by atoms with E-state index in [9.17, 15) is 9.59 Å². The van der Waals surface area contributed by atoms with Crippen LogP contribution >= 0.6 is 0 Å². The van der Waals surface area contributed by atoms with E-state index in [-0.39, 0.29) is 23.8 Å². The van der Waals surface area contributed by atoms with Crippen molar-refractivity contribution in [2.45, 2.75) is 45.1 Å². The minimum atomic E-state index is 0.0146. The van der Waals surface area contributed by atoms with Gasteiger partial charge in [0, 0.05) is 32.2 Å². The van der Waals surface area contributed by atoms with Gasteiger partial charge in [0.25, 0.3) is 0 Å². The monoisotopic (exact) mass is 343 g/mol. The van der Waals surface area contributed by atoms with Crippen molar-refractivity contribution >= 4 is 11.8 Å². The summed E-state index contributed by atoms with van der Waals surface area (Å²) in [5.74, 6) is 0.343. The summed E-state index contributed by atoms with van der Waals surface area (Å²) < 4.78 is 0. The lowest BCUT2D eigenvalue weighted by molar-refractivity contribution is -0.135. The van der Waals surface area contributed by atoms with Gasteiger partial charge in [-0.3, -0.25) is 14.5 Å². The second-order valence-corrected chi connectivity index (χ2v) is 7.47. The highest BCUT2D eigenvalue weighted by molar-refractivity contribution is 5.84. The molecule has 1 atom stereocenters. The fraction of sp³-hybridized carbons (Fsp3) is 0.600. The predicted molar refractivity (Wildman–Crippen MR) is 98.4 cm³/mol. The molecule has 1 fully saturated rings. The number of amides is 2. The van der Waals surface area contributed by atoms with Crippen LogP contribution in [-0.2, 0) is 16.0 Å². The van der Waals surface area contributed by atoms with E-state index in [0.29, 0.717) is 19.6 Å². The fourth-order valence-electron chi connectivity index (χ4n) is 3.93. The zero-order valence-electron chi connectivity index (χ0n) is 15.3. The second-order valence-electron chi connectivity index (χ2n) is 7.47. The number of aryl methyl sites for hydroxylation is 1. The number of benzene rings is 1. The zero-order chi connectivity index (χ0) is 17.8. The first kappa shape index (κ1) is 17.9. The summed E-state index contributed by atoms with van der Waals surface area (Å²) in [4.78, 5) is 29.0. The van der Waals surface area contributed by atoms with Crippen molar-refractivity contribution in [2.24, 2.45) is 0 Å². The molecule has 136 valence electrons. The molecule has 0 saturated carbocycles. The van der Waals surface area contributed by atoms with Crippen LogP contribution in [0.15, 0.2) is 24.3 Å². The van der Waals surface area contributed by atoms with Crippen LogP contribution in [0.5, 0.6) is 0 Å². The minimum absolute atomic E-state index is 0.0146. The molecule has 1 aromatic carbocycles. The maximum absolute atomic E-state index is 13.0. The molecule has 25 heavy (non-hydrogen) atoms. The van der Waals surface area contributed by atoms with Gasteiger partial charge in [0.05, 0.1) is 12.5 Å². The van der Waals surface area contributed by atoms with E-state index in [1.165, 1.54) is 11.1 Å². The highest BCUT2D eigenvalue weighted by Gasteiger charge is 2.31. The molecule has 1 N–H and O–H groups in total. The SMILES string of the molecule is CC(C)NC(=O)CN1CCN(C(=O)C2CCCc3ccccc32)CC1. The molecule has 1 unspecified atom stereocenters. The number of carbonyl (C=O) groups excluding carboxylic acids is 2. The van der Waals surface area contributed by atoms with Gasteiger partial charge in [-0.25, -0.2) is 0 Å². The van der Waals surface area contributed by atoms with Crippen molar-refractivity contribution in [1.82, 2.24) is 15.1 Å².